The van der Waals surface area contributed by atoms with Gasteiger partial charge in [0.2, 0.25) is 0 Å². The Morgan fingerprint density at radius 3 is 2.56 bits per heavy atom. The van der Waals surface area contributed by atoms with Crippen LogP contribution in [0.4, 0.5) is 0 Å². The number of fused-ring (bicyclic) bond motifs is 1. The van der Waals surface area contributed by atoms with Gasteiger partial charge in [0.15, 0.2) is 11.6 Å². The van der Waals surface area contributed by atoms with Crippen molar-refractivity contribution in [1.82, 2.24) is 9.97 Å². The number of carbonyl (C=O) groups is 2. The Morgan fingerprint density at radius 2 is 1.72 bits per heavy atom. The molecule has 2 aromatic carbocycles. The average Bonchev–Trinajstić information content (AvgIpc) is 3.29. The van der Waals surface area contributed by atoms with Crippen molar-refractivity contribution >= 4 is 34.6 Å². The largest absolute Gasteiger partial charge is 0.487 e. The number of benzene rings is 2. The highest BCUT2D eigenvalue weighted by molar-refractivity contribution is 6.11. The molecule has 0 atom stereocenters. The fourth-order valence-electron chi connectivity index (χ4n) is 3.22. The fourth-order valence-corrected chi connectivity index (χ4v) is 3.22. The predicted molar refractivity (Wildman–Crippen MR) is 126 cm³/mol. The molecule has 32 heavy (non-hydrogen) atoms. The zero-order valence-electron chi connectivity index (χ0n) is 17.4. The van der Waals surface area contributed by atoms with E-state index in [0.717, 1.165) is 27.7 Å². The number of carbonyl (C=O) groups excluding carboxylic acids is 2. The minimum Gasteiger partial charge on any atom is -0.487 e. The summed E-state index contributed by atoms with van der Waals surface area (Å²) in [4.78, 5) is 31.8. The predicted octanol–water partition coefficient (Wildman–Crippen LogP) is 5.40. The monoisotopic (exact) mass is 422 g/mol. The molecule has 0 aliphatic heterocycles. The van der Waals surface area contributed by atoms with Crippen molar-refractivity contribution in [2.75, 3.05) is 0 Å². The zero-order chi connectivity index (χ0) is 22.2. The number of rotatable bonds is 9. The fraction of sp³-hybridized carbons (Fsp3) is 0.0741. The minimum absolute atomic E-state index is 0.186. The van der Waals surface area contributed by atoms with Gasteiger partial charge in [-0.15, -0.1) is 0 Å². The van der Waals surface area contributed by atoms with Crippen molar-refractivity contribution in [2.24, 2.45) is 0 Å². The molecule has 0 bridgehead atoms. The molecule has 2 aromatic heterocycles. The maximum Gasteiger partial charge on any atom is 0.163 e. The van der Waals surface area contributed by atoms with Gasteiger partial charge in [0.05, 0.1) is 12.1 Å². The van der Waals surface area contributed by atoms with Crippen LogP contribution < -0.4 is 4.74 Å². The molecule has 0 amide bonds. The molecule has 0 aliphatic carbocycles. The number of nitrogens with one attached hydrogen (secondary N) is 1. The van der Waals surface area contributed by atoms with E-state index in [4.69, 9.17) is 4.74 Å². The summed E-state index contributed by atoms with van der Waals surface area (Å²) in [6, 6.07) is 20.9. The molecule has 5 heteroatoms. The minimum atomic E-state index is -0.265. The Kier molecular flexibility index (Phi) is 6.68. The number of ether oxygens (including phenoxy) is 1. The summed E-state index contributed by atoms with van der Waals surface area (Å²) in [5, 5.41) is 1.11. The maximum absolute atomic E-state index is 12.3. The van der Waals surface area contributed by atoms with Crippen LogP contribution >= 0.6 is 0 Å². The average molecular weight is 422 g/mol. The van der Waals surface area contributed by atoms with Crippen LogP contribution in [0.15, 0.2) is 91.3 Å². The van der Waals surface area contributed by atoms with Gasteiger partial charge < -0.3 is 9.72 Å². The summed E-state index contributed by atoms with van der Waals surface area (Å²) in [5.41, 5.74) is 3.48. The zero-order valence-corrected chi connectivity index (χ0v) is 17.4. The molecule has 0 radical (unpaired) electrons. The normalized spacial score (nSPS) is 11.4. The van der Waals surface area contributed by atoms with Crippen LogP contribution in [-0.2, 0) is 16.2 Å². The van der Waals surface area contributed by atoms with Crippen molar-refractivity contribution < 1.29 is 14.3 Å². The number of allylic oxidation sites excluding steroid dienone is 2. The Hall–Kier alpha value is -4.25. The molecule has 0 fully saturated rings. The van der Waals surface area contributed by atoms with Gasteiger partial charge in [-0.3, -0.25) is 14.6 Å². The third kappa shape index (κ3) is 5.67. The van der Waals surface area contributed by atoms with E-state index in [1.165, 1.54) is 12.2 Å². The van der Waals surface area contributed by atoms with Crippen LogP contribution in [0.2, 0.25) is 0 Å². The van der Waals surface area contributed by atoms with Crippen molar-refractivity contribution in [3.8, 4) is 5.75 Å². The second-order valence-corrected chi connectivity index (χ2v) is 7.25. The van der Waals surface area contributed by atoms with Crippen LogP contribution in [0.1, 0.15) is 23.2 Å². The third-order valence-corrected chi connectivity index (χ3v) is 4.86. The number of para-hydroxylation sites is 1. The van der Waals surface area contributed by atoms with Gasteiger partial charge >= 0.3 is 0 Å². The molecule has 0 unspecified atom stereocenters. The molecule has 4 rings (SSSR count). The van der Waals surface area contributed by atoms with Gasteiger partial charge in [-0.05, 0) is 59.5 Å². The molecule has 4 aromatic rings. The first-order chi connectivity index (χ1) is 15.7. The van der Waals surface area contributed by atoms with E-state index >= 15 is 0 Å². The number of ketones is 2. The Balaban J connectivity index is 1.34. The van der Waals surface area contributed by atoms with Gasteiger partial charge in [0, 0.05) is 23.5 Å². The topological polar surface area (TPSA) is 72.0 Å². The van der Waals surface area contributed by atoms with Crippen molar-refractivity contribution in [2.45, 2.75) is 13.0 Å². The standard InChI is InChI=1S/C27H22N2O3/c30-24(12-9-20-8-10-21-14-16-29-26(21)17-20)18-25(31)13-11-22-5-1-2-7-27(22)32-19-23-6-3-4-15-28-23/h1-17,29H,18-19H2/b12-9+,13-11+. The van der Waals surface area contributed by atoms with Gasteiger partial charge in [0.25, 0.3) is 0 Å². The number of hydrogen-bond acceptors (Lipinski definition) is 4. The summed E-state index contributed by atoms with van der Waals surface area (Å²) < 4.78 is 5.84. The number of pyridine rings is 1. The lowest BCUT2D eigenvalue weighted by atomic mass is 10.1. The van der Waals surface area contributed by atoms with Crippen LogP contribution in [-0.4, -0.2) is 21.5 Å². The molecule has 5 nitrogen and oxygen atoms in total. The van der Waals surface area contributed by atoms with Gasteiger partial charge in [-0.1, -0.05) is 42.5 Å². The summed E-state index contributed by atoms with van der Waals surface area (Å²) in [5.74, 6) is 0.137. The SMILES string of the molecule is O=C(/C=C/c1ccc2cc[nH]c2c1)CC(=O)/C=C/c1ccccc1OCc1ccccn1. The summed E-state index contributed by atoms with van der Waals surface area (Å²) in [6.07, 6.45) is 9.66. The lowest BCUT2D eigenvalue weighted by molar-refractivity contribution is -0.121. The molecular formula is C27H22N2O3. The molecule has 1 N–H and O–H groups in total. The van der Waals surface area contributed by atoms with Crippen LogP contribution in [0.25, 0.3) is 23.1 Å². The lowest BCUT2D eigenvalue weighted by Gasteiger charge is -2.08. The highest BCUT2D eigenvalue weighted by Gasteiger charge is 2.06. The lowest BCUT2D eigenvalue weighted by Crippen LogP contribution is -2.02. The van der Waals surface area contributed by atoms with Gasteiger partial charge in [-0.2, -0.15) is 0 Å². The van der Waals surface area contributed by atoms with Crippen molar-refractivity contribution in [3.05, 3.63) is 108 Å². The molecule has 2 heterocycles. The molecule has 0 aliphatic rings. The van der Waals surface area contributed by atoms with Gasteiger partial charge in [-0.25, -0.2) is 0 Å². The smallest absolute Gasteiger partial charge is 0.163 e. The molecular weight excluding hydrogens is 400 g/mol. The van der Waals surface area contributed by atoms with E-state index in [1.807, 2.05) is 72.9 Å². The maximum atomic E-state index is 12.3. The van der Waals surface area contributed by atoms with E-state index < -0.39 is 0 Å². The molecule has 0 spiro atoms. The second kappa shape index (κ2) is 10.2. The Morgan fingerprint density at radius 1 is 0.906 bits per heavy atom. The Bertz CT molecular complexity index is 1290. The van der Waals surface area contributed by atoms with Crippen LogP contribution in [0.5, 0.6) is 5.75 Å². The summed E-state index contributed by atoms with van der Waals surface area (Å²) in [6.45, 7) is 0.331. The number of aromatic amines is 1. The number of hydrogen-bond donors (Lipinski definition) is 1. The first kappa shape index (κ1) is 21.0. The molecule has 0 saturated carbocycles. The van der Waals surface area contributed by atoms with Crippen LogP contribution in [0, 0.1) is 0 Å². The highest BCUT2D eigenvalue weighted by Crippen LogP contribution is 2.21. The van der Waals surface area contributed by atoms with E-state index in [1.54, 1.807) is 18.3 Å². The van der Waals surface area contributed by atoms with E-state index in [9.17, 15) is 9.59 Å². The molecule has 0 saturated heterocycles. The molecule has 158 valence electrons. The highest BCUT2D eigenvalue weighted by atomic mass is 16.5. The Labute approximate surface area is 186 Å². The van der Waals surface area contributed by atoms with E-state index in [0.29, 0.717) is 12.4 Å². The van der Waals surface area contributed by atoms with Crippen LogP contribution in [0.3, 0.4) is 0 Å². The van der Waals surface area contributed by atoms with E-state index in [-0.39, 0.29) is 18.0 Å². The quantitative estimate of drug-likeness (QED) is 0.290. The van der Waals surface area contributed by atoms with Crippen molar-refractivity contribution in [3.63, 3.8) is 0 Å². The summed E-state index contributed by atoms with van der Waals surface area (Å²) in [7, 11) is 0. The van der Waals surface area contributed by atoms with E-state index in [2.05, 4.69) is 9.97 Å². The summed E-state index contributed by atoms with van der Waals surface area (Å²) >= 11 is 0. The van der Waals surface area contributed by atoms with Gasteiger partial charge in [0.1, 0.15) is 12.4 Å². The number of nitrogens with zero attached hydrogens (tertiary/aromatic N) is 1. The number of H-pyrrole nitrogens is 1. The second-order valence-electron chi connectivity index (χ2n) is 7.25. The first-order valence-corrected chi connectivity index (χ1v) is 10.3. The van der Waals surface area contributed by atoms with Crippen molar-refractivity contribution in [1.29, 1.82) is 0 Å². The first-order valence-electron chi connectivity index (χ1n) is 10.3. The third-order valence-electron chi connectivity index (χ3n) is 4.86. The number of aromatic nitrogens is 2.